The molecule has 2 aliphatic rings. The van der Waals surface area contributed by atoms with Crippen molar-refractivity contribution >= 4 is 35.0 Å². The molecule has 1 aliphatic carbocycles. The monoisotopic (exact) mass is 477 g/mol. The molecule has 32 heavy (non-hydrogen) atoms. The van der Waals surface area contributed by atoms with Crippen LogP contribution in [0, 0.1) is 5.92 Å². The summed E-state index contributed by atoms with van der Waals surface area (Å²) in [6.07, 6.45) is 6.12. The Labute approximate surface area is 199 Å². The number of furan rings is 1. The van der Waals surface area contributed by atoms with Crippen molar-refractivity contribution in [2.45, 2.75) is 38.3 Å². The topological polar surface area (TPSA) is 57.0 Å². The number of likely N-dealkylation sites (N-methyl/N-ethyl adjacent to an activating group) is 1. The molecular formula is C24H29Cl2N3O3. The standard InChI is InChI=1S/C24H29Cl2N3O3/c1-27(16-19-7-4-14-32-19)24(31)22(17-5-2-3-6-17)28-10-12-29(13-11-28)23(30)20-9-8-18(25)15-21(20)26/h4,7-9,14-15,17,22H,2-3,5-6,10-13,16H2,1H3. The van der Waals surface area contributed by atoms with Crippen LogP contribution in [-0.4, -0.2) is 65.8 Å². The summed E-state index contributed by atoms with van der Waals surface area (Å²) < 4.78 is 5.43. The molecule has 172 valence electrons. The van der Waals surface area contributed by atoms with Gasteiger partial charge in [0, 0.05) is 38.2 Å². The van der Waals surface area contributed by atoms with Crippen molar-refractivity contribution in [3.8, 4) is 0 Å². The Bertz CT molecular complexity index is 936. The number of rotatable bonds is 6. The largest absolute Gasteiger partial charge is 0.467 e. The van der Waals surface area contributed by atoms with Crippen molar-refractivity contribution in [1.29, 1.82) is 0 Å². The molecule has 1 saturated carbocycles. The molecule has 1 saturated heterocycles. The van der Waals surface area contributed by atoms with Gasteiger partial charge in [-0.3, -0.25) is 14.5 Å². The lowest BCUT2D eigenvalue weighted by Gasteiger charge is -2.42. The van der Waals surface area contributed by atoms with Gasteiger partial charge < -0.3 is 14.2 Å². The summed E-state index contributed by atoms with van der Waals surface area (Å²) in [4.78, 5) is 32.3. The van der Waals surface area contributed by atoms with Gasteiger partial charge in [0.2, 0.25) is 5.91 Å². The Balaban J connectivity index is 1.43. The number of piperazine rings is 1. The highest BCUT2D eigenvalue weighted by molar-refractivity contribution is 6.36. The summed E-state index contributed by atoms with van der Waals surface area (Å²) in [5, 5.41) is 0.872. The molecule has 1 aromatic carbocycles. The molecule has 1 aliphatic heterocycles. The van der Waals surface area contributed by atoms with Crippen molar-refractivity contribution < 1.29 is 14.0 Å². The normalized spacial score (nSPS) is 18.7. The van der Waals surface area contributed by atoms with Gasteiger partial charge in [0.25, 0.3) is 5.91 Å². The predicted molar refractivity (Wildman–Crippen MR) is 125 cm³/mol. The van der Waals surface area contributed by atoms with E-state index in [-0.39, 0.29) is 17.9 Å². The van der Waals surface area contributed by atoms with Gasteiger partial charge in [-0.25, -0.2) is 0 Å². The third-order valence-corrected chi connectivity index (χ3v) is 7.15. The Kier molecular flexibility index (Phi) is 7.44. The minimum atomic E-state index is -0.158. The number of nitrogens with zero attached hydrogens (tertiary/aromatic N) is 3. The maximum Gasteiger partial charge on any atom is 0.255 e. The van der Waals surface area contributed by atoms with Gasteiger partial charge in [-0.1, -0.05) is 36.0 Å². The molecule has 0 radical (unpaired) electrons. The van der Waals surface area contributed by atoms with E-state index in [9.17, 15) is 9.59 Å². The van der Waals surface area contributed by atoms with Crippen LogP contribution in [0.4, 0.5) is 0 Å². The second-order valence-electron chi connectivity index (χ2n) is 8.72. The highest BCUT2D eigenvalue weighted by Gasteiger charge is 2.39. The maximum atomic E-state index is 13.5. The molecule has 1 unspecified atom stereocenters. The van der Waals surface area contributed by atoms with E-state index in [1.807, 2.05) is 24.1 Å². The average Bonchev–Trinajstić information content (AvgIpc) is 3.48. The Morgan fingerprint density at radius 2 is 1.84 bits per heavy atom. The lowest BCUT2D eigenvalue weighted by atomic mass is 9.94. The van der Waals surface area contributed by atoms with E-state index in [1.54, 1.807) is 29.4 Å². The molecule has 8 heteroatoms. The van der Waals surface area contributed by atoms with Crippen LogP contribution in [0.3, 0.4) is 0 Å². The average molecular weight is 478 g/mol. The number of benzene rings is 1. The Morgan fingerprint density at radius 3 is 2.47 bits per heavy atom. The SMILES string of the molecule is CN(Cc1ccco1)C(=O)C(C1CCCC1)N1CCN(C(=O)c2ccc(Cl)cc2Cl)CC1. The van der Waals surface area contributed by atoms with Crippen LogP contribution in [0.15, 0.2) is 41.0 Å². The van der Waals surface area contributed by atoms with Gasteiger partial charge in [-0.2, -0.15) is 0 Å². The summed E-state index contributed by atoms with van der Waals surface area (Å²) in [6.45, 7) is 2.92. The third-order valence-electron chi connectivity index (χ3n) is 6.61. The Hall–Kier alpha value is -2.02. The second-order valence-corrected chi connectivity index (χ2v) is 9.56. The van der Waals surface area contributed by atoms with Crippen molar-refractivity contribution in [3.63, 3.8) is 0 Å². The summed E-state index contributed by atoms with van der Waals surface area (Å²) in [5.41, 5.74) is 0.464. The first-order valence-electron chi connectivity index (χ1n) is 11.2. The first-order chi connectivity index (χ1) is 15.4. The van der Waals surface area contributed by atoms with E-state index in [1.165, 1.54) is 12.8 Å². The van der Waals surface area contributed by atoms with Crippen molar-refractivity contribution in [1.82, 2.24) is 14.7 Å². The van der Waals surface area contributed by atoms with Gasteiger partial charge >= 0.3 is 0 Å². The van der Waals surface area contributed by atoms with Gasteiger partial charge in [-0.05, 0) is 49.1 Å². The Morgan fingerprint density at radius 1 is 1.12 bits per heavy atom. The smallest absolute Gasteiger partial charge is 0.255 e. The number of hydrogen-bond donors (Lipinski definition) is 0. The molecule has 1 aromatic heterocycles. The number of carbonyl (C=O) groups is 2. The van der Waals surface area contributed by atoms with Crippen LogP contribution in [0.5, 0.6) is 0 Å². The zero-order chi connectivity index (χ0) is 22.7. The van der Waals surface area contributed by atoms with Gasteiger partial charge in [0.1, 0.15) is 5.76 Å². The number of hydrogen-bond acceptors (Lipinski definition) is 4. The minimum Gasteiger partial charge on any atom is -0.467 e. The number of carbonyl (C=O) groups excluding carboxylic acids is 2. The van der Waals surface area contributed by atoms with Crippen LogP contribution in [0.1, 0.15) is 41.8 Å². The van der Waals surface area contributed by atoms with E-state index < -0.39 is 0 Å². The fourth-order valence-corrected chi connectivity index (χ4v) is 5.39. The molecule has 0 bridgehead atoms. The molecule has 2 heterocycles. The summed E-state index contributed by atoms with van der Waals surface area (Å²) in [7, 11) is 1.84. The van der Waals surface area contributed by atoms with Crippen molar-refractivity contribution in [3.05, 3.63) is 58.0 Å². The zero-order valence-corrected chi connectivity index (χ0v) is 19.8. The molecule has 2 aromatic rings. The lowest BCUT2D eigenvalue weighted by molar-refractivity contribution is -0.139. The first kappa shape index (κ1) is 23.1. The van der Waals surface area contributed by atoms with Crippen LogP contribution in [-0.2, 0) is 11.3 Å². The highest BCUT2D eigenvalue weighted by atomic mass is 35.5. The van der Waals surface area contributed by atoms with E-state index in [0.717, 1.165) is 18.6 Å². The fraction of sp³-hybridized carbons (Fsp3) is 0.500. The summed E-state index contributed by atoms with van der Waals surface area (Å²) in [6, 6.07) is 8.52. The molecular weight excluding hydrogens is 449 g/mol. The molecule has 1 atom stereocenters. The van der Waals surface area contributed by atoms with Crippen molar-refractivity contribution in [2.24, 2.45) is 5.92 Å². The molecule has 0 spiro atoms. The number of amides is 2. The van der Waals surface area contributed by atoms with Crippen molar-refractivity contribution in [2.75, 3.05) is 33.2 Å². The summed E-state index contributed by atoms with van der Waals surface area (Å²) in [5.74, 6) is 1.18. The zero-order valence-electron chi connectivity index (χ0n) is 18.3. The maximum absolute atomic E-state index is 13.5. The fourth-order valence-electron chi connectivity index (χ4n) is 4.91. The molecule has 0 N–H and O–H groups in total. The minimum absolute atomic E-state index is 0.0926. The molecule has 4 rings (SSSR count). The van der Waals surface area contributed by atoms with Crippen LogP contribution in [0.25, 0.3) is 0 Å². The third kappa shape index (κ3) is 5.13. The lowest BCUT2D eigenvalue weighted by Crippen LogP contribution is -2.58. The highest BCUT2D eigenvalue weighted by Crippen LogP contribution is 2.32. The van der Waals surface area contributed by atoms with Crippen LogP contribution in [0.2, 0.25) is 10.0 Å². The van der Waals surface area contributed by atoms with E-state index in [2.05, 4.69) is 4.90 Å². The predicted octanol–water partition coefficient (Wildman–Crippen LogP) is 4.56. The molecule has 2 amide bonds. The van der Waals surface area contributed by atoms with Gasteiger partial charge in [-0.15, -0.1) is 0 Å². The quantitative estimate of drug-likeness (QED) is 0.611. The van der Waals surface area contributed by atoms with Gasteiger partial charge in [0.05, 0.1) is 29.4 Å². The molecule has 2 fully saturated rings. The van der Waals surface area contributed by atoms with E-state index >= 15 is 0 Å². The second kappa shape index (κ2) is 10.3. The summed E-state index contributed by atoms with van der Waals surface area (Å²) >= 11 is 12.2. The van der Waals surface area contributed by atoms with E-state index in [0.29, 0.717) is 54.3 Å². The van der Waals surface area contributed by atoms with Crippen LogP contribution < -0.4 is 0 Å². The van der Waals surface area contributed by atoms with Crippen LogP contribution >= 0.6 is 23.2 Å². The number of halogens is 2. The van der Waals surface area contributed by atoms with Gasteiger partial charge in [0.15, 0.2) is 0 Å². The van der Waals surface area contributed by atoms with E-state index in [4.69, 9.17) is 27.6 Å². The molecule has 6 nitrogen and oxygen atoms in total. The first-order valence-corrected chi connectivity index (χ1v) is 12.0.